The van der Waals surface area contributed by atoms with Gasteiger partial charge >= 0.3 is 0 Å². The molecule has 15 heavy (non-hydrogen) atoms. The first-order valence-electron chi connectivity index (χ1n) is 4.60. The first-order valence-corrected chi connectivity index (χ1v) is 4.60. The highest BCUT2D eigenvalue weighted by atomic mass is 15.1. The van der Waals surface area contributed by atoms with E-state index in [2.05, 4.69) is 27.2 Å². The maximum absolute atomic E-state index is 8.06. The Labute approximate surface area is 88.9 Å². The smallest absolute Gasteiger partial charge is 0.0880 e. The molecule has 0 radical (unpaired) electrons. The SMILES string of the molecule is CNCc1cccc(C#CCN=[N+]=[N-])c1. The van der Waals surface area contributed by atoms with Crippen LogP contribution in [0.4, 0.5) is 0 Å². The van der Waals surface area contributed by atoms with Crippen molar-refractivity contribution in [3.63, 3.8) is 0 Å². The summed E-state index contributed by atoms with van der Waals surface area (Å²) in [4.78, 5) is 2.63. The van der Waals surface area contributed by atoms with Gasteiger partial charge in [-0.15, -0.1) is 0 Å². The topological polar surface area (TPSA) is 60.8 Å². The van der Waals surface area contributed by atoms with Crippen molar-refractivity contribution >= 4 is 0 Å². The number of azide groups is 1. The van der Waals surface area contributed by atoms with Crippen LogP contribution in [-0.4, -0.2) is 13.6 Å². The Morgan fingerprint density at radius 1 is 1.53 bits per heavy atom. The number of rotatable bonds is 3. The predicted molar refractivity (Wildman–Crippen MR) is 60.1 cm³/mol. The molecule has 0 aliphatic carbocycles. The molecule has 1 aromatic rings. The van der Waals surface area contributed by atoms with E-state index in [1.54, 1.807) is 0 Å². The molecule has 0 aliphatic heterocycles. The van der Waals surface area contributed by atoms with Crippen LogP contribution in [0.25, 0.3) is 10.4 Å². The van der Waals surface area contributed by atoms with Gasteiger partial charge in [-0.25, -0.2) is 0 Å². The maximum atomic E-state index is 8.06. The highest BCUT2D eigenvalue weighted by Gasteiger charge is 1.91. The molecule has 1 rings (SSSR count). The number of nitrogens with zero attached hydrogens (tertiary/aromatic N) is 3. The Hall–Kier alpha value is -1.95. The van der Waals surface area contributed by atoms with E-state index in [9.17, 15) is 0 Å². The third-order valence-electron chi connectivity index (χ3n) is 1.75. The maximum Gasteiger partial charge on any atom is 0.0880 e. The zero-order valence-corrected chi connectivity index (χ0v) is 8.57. The molecule has 0 heterocycles. The van der Waals surface area contributed by atoms with Gasteiger partial charge in [0.15, 0.2) is 0 Å². The van der Waals surface area contributed by atoms with Crippen LogP contribution in [0.5, 0.6) is 0 Å². The lowest BCUT2D eigenvalue weighted by atomic mass is 10.1. The number of hydrogen-bond acceptors (Lipinski definition) is 2. The van der Waals surface area contributed by atoms with Crippen LogP contribution in [0.15, 0.2) is 29.4 Å². The Kier molecular flexibility index (Phi) is 4.82. The van der Waals surface area contributed by atoms with Crippen molar-refractivity contribution in [1.29, 1.82) is 0 Å². The van der Waals surface area contributed by atoms with E-state index in [0.29, 0.717) is 0 Å². The van der Waals surface area contributed by atoms with Gasteiger partial charge in [0.25, 0.3) is 0 Å². The van der Waals surface area contributed by atoms with Crippen LogP contribution in [-0.2, 0) is 6.54 Å². The summed E-state index contributed by atoms with van der Waals surface area (Å²) in [6, 6.07) is 7.95. The first kappa shape index (κ1) is 11.1. The van der Waals surface area contributed by atoms with Gasteiger partial charge in [-0.05, 0) is 30.3 Å². The van der Waals surface area contributed by atoms with E-state index < -0.39 is 0 Å². The molecule has 0 amide bonds. The molecule has 0 aliphatic rings. The molecule has 0 atom stereocenters. The minimum Gasteiger partial charge on any atom is -0.316 e. The average Bonchev–Trinajstić information content (AvgIpc) is 2.26. The summed E-state index contributed by atoms with van der Waals surface area (Å²) in [6.07, 6.45) is 0. The van der Waals surface area contributed by atoms with Gasteiger partial charge in [-0.1, -0.05) is 29.1 Å². The normalized spacial score (nSPS) is 8.60. The van der Waals surface area contributed by atoms with Crippen LogP contribution >= 0.6 is 0 Å². The summed E-state index contributed by atoms with van der Waals surface area (Å²) < 4.78 is 0. The van der Waals surface area contributed by atoms with Gasteiger partial charge in [-0.2, -0.15) is 0 Å². The minimum absolute atomic E-state index is 0.215. The van der Waals surface area contributed by atoms with E-state index in [1.807, 2.05) is 31.3 Å². The molecule has 0 unspecified atom stereocenters. The van der Waals surface area contributed by atoms with Crippen molar-refractivity contribution in [1.82, 2.24) is 5.32 Å². The zero-order valence-electron chi connectivity index (χ0n) is 8.57. The third-order valence-corrected chi connectivity index (χ3v) is 1.75. The Morgan fingerprint density at radius 3 is 3.13 bits per heavy atom. The fourth-order valence-corrected chi connectivity index (χ4v) is 1.17. The number of hydrogen-bond donors (Lipinski definition) is 1. The van der Waals surface area contributed by atoms with Crippen molar-refractivity contribution in [3.05, 3.63) is 45.8 Å². The molecular weight excluding hydrogens is 188 g/mol. The standard InChI is InChI=1S/C11H12N4/c1-13-9-11-5-2-4-10(8-11)6-3-7-14-15-12/h2,4-5,8,13H,7,9H2,1H3. The molecule has 1 aromatic carbocycles. The molecule has 4 heteroatoms. The second-order valence-electron chi connectivity index (χ2n) is 2.92. The highest BCUT2D eigenvalue weighted by Crippen LogP contribution is 2.03. The van der Waals surface area contributed by atoms with E-state index >= 15 is 0 Å². The molecule has 0 bridgehead atoms. The first-order chi connectivity index (χ1) is 7.36. The Morgan fingerprint density at radius 2 is 2.40 bits per heavy atom. The van der Waals surface area contributed by atoms with E-state index in [0.717, 1.165) is 12.1 Å². The summed E-state index contributed by atoms with van der Waals surface area (Å²) in [5.74, 6) is 5.72. The zero-order chi connectivity index (χ0) is 10.9. The van der Waals surface area contributed by atoms with Crippen LogP contribution in [0.2, 0.25) is 0 Å². The second kappa shape index (κ2) is 6.50. The average molecular weight is 200 g/mol. The molecule has 76 valence electrons. The van der Waals surface area contributed by atoms with Crippen molar-refractivity contribution in [2.24, 2.45) is 5.11 Å². The second-order valence-corrected chi connectivity index (χ2v) is 2.92. The van der Waals surface area contributed by atoms with Crippen LogP contribution < -0.4 is 5.32 Å². The monoisotopic (exact) mass is 200 g/mol. The molecule has 4 nitrogen and oxygen atoms in total. The lowest BCUT2D eigenvalue weighted by Gasteiger charge is -1.99. The van der Waals surface area contributed by atoms with Crippen LogP contribution in [0.3, 0.4) is 0 Å². The molecule has 0 aromatic heterocycles. The Balaban J connectivity index is 2.71. The molecule has 0 saturated heterocycles. The van der Waals surface area contributed by atoms with Crippen molar-refractivity contribution < 1.29 is 0 Å². The van der Waals surface area contributed by atoms with Gasteiger partial charge < -0.3 is 5.32 Å². The molecule has 0 spiro atoms. The fourth-order valence-electron chi connectivity index (χ4n) is 1.17. The quantitative estimate of drug-likeness (QED) is 0.345. The molecule has 1 N–H and O–H groups in total. The molecule has 0 fully saturated rings. The lowest BCUT2D eigenvalue weighted by molar-refractivity contribution is 0.817. The van der Waals surface area contributed by atoms with Gasteiger partial charge in [0.2, 0.25) is 0 Å². The van der Waals surface area contributed by atoms with Crippen molar-refractivity contribution in [2.75, 3.05) is 13.6 Å². The third kappa shape index (κ3) is 4.19. The lowest BCUT2D eigenvalue weighted by Crippen LogP contribution is -2.04. The number of benzene rings is 1. The highest BCUT2D eigenvalue weighted by molar-refractivity contribution is 5.37. The van der Waals surface area contributed by atoms with E-state index in [-0.39, 0.29) is 6.54 Å². The van der Waals surface area contributed by atoms with Gasteiger partial charge in [0.05, 0.1) is 6.54 Å². The van der Waals surface area contributed by atoms with E-state index in [4.69, 9.17) is 5.53 Å². The minimum atomic E-state index is 0.215. The van der Waals surface area contributed by atoms with Crippen LogP contribution in [0.1, 0.15) is 11.1 Å². The Bertz CT molecular complexity index is 422. The van der Waals surface area contributed by atoms with Crippen LogP contribution in [0, 0.1) is 11.8 Å². The molecule has 0 saturated carbocycles. The fraction of sp³-hybridized carbons (Fsp3) is 0.273. The summed E-state index contributed by atoms with van der Waals surface area (Å²) in [5, 5.41) is 6.41. The summed E-state index contributed by atoms with van der Waals surface area (Å²) in [6.45, 7) is 1.04. The van der Waals surface area contributed by atoms with Gasteiger partial charge in [-0.3, -0.25) is 0 Å². The summed E-state index contributed by atoms with van der Waals surface area (Å²) in [7, 11) is 1.90. The predicted octanol–water partition coefficient (Wildman–Crippen LogP) is 2.07. The van der Waals surface area contributed by atoms with Crippen molar-refractivity contribution in [3.8, 4) is 11.8 Å². The summed E-state index contributed by atoms with van der Waals surface area (Å²) >= 11 is 0. The summed E-state index contributed by atoms with van der Waals surface area (Å²) in [5.41, 5.74) is 10.2. The van der Waals surface area contributed by atoms with Crippen molar-refractivity contribution in [2.45, 2.75) is 6.54 Å². The largest absolute Gasteiger partial charge is 0.316 e. The van der Waals surface area contributed by atoms with Gasteiger partial charge in [0.1, 0.15) is 0 Å². The van der Waals surface area contributed by atoms with Gasteiger partial charge in [0, 0.05) is 17.0 Å². The molecular formula is C11H12N4. The van der Waals surface area contributed by atoms with E-state index in [1.165, 1.54) is 5.56 Å². The number of nitrogens with one attached hydrogen (secondary N) is 1.